The molecule has 3 heterocycles. The molecule has 1 aliphatic heterocycles. The number of carbonyl (C=O) groups is 1. The number of pyridine rings is 1. The third kappa shape index (κ3) is 3.31. The molecular formula is C15H19N5O3. The maximum atomic E-state index is 12.3. The summed E-state index contributed by atoms with van der Waals surface area (Å²) < 4.78 is 0. The Balaban J connectivity index is 1.83. The van der Waals surface area contributed by atoms with Crippen LogP contribution in [0.15, 0.2) is 15.7 Å². The van der Waals surface area contributed by atoms with Crippen molar-refractivity contribution < 1.29 is 4.79 Å². The van der Waals surface area contributed by atoms with Crippen molar-refractivity contribution in [2.45, 2.75) is 19.8 Å². The Labute approximate surface area is 131 Å². The van der Waals surface area contributed by atoms with E-state index < -0.39 is 11.2 Å². The van der Waals surface area contributed by atoms with E-state index in [2.05, 4.69) is 25.6 Å². The summed E-state index contributed by atoms with van der Waals surface area (Å²) in [6.45, 7) is 4.21. The summed E-state index contributed by atoms with van der Waals surface area (Å²) in [5.74, 6) is 0.110. The van der Waals surface area contributed by atoms with E-state index in [1.807, 2.05) is 0 Å². The minimum atomic E-state index is -0.639. The minimum Gasteiger partial charge on any atom is -0.350 e. The lowest BCUT2D eigenvalue weighted by Gasteiger charge is -2.22. The average Bonchev–Trinajstić information content (AvgIpc) is 2.52. The van der Waals surface area contributed by atoms with Gasteiger partial charge in [-0.1, -0.05) is 0 Å². The van der Waals surface area contributed by atoms with Crippen molar-refractivity contribution in [1.29, 1.82) is 0 Å². The van der Waals surface area contributed by atoms with E-state index in [0.29, 0.717) is 18.0 Å². The Morgan fingerprint density at radius 1 is 1.39 bits per heavy atom. The lowest BCUT2D eigenvalue weighted by Crippen LogP contribution is -2.38. The molecule has 0 bridgehead atoms. The second kappa shape index (κ2) is 6.33. The van der Waals surface area contributed by atoms with Crippen LogP contribution in [-0.2, 0) is 0 Å². The van der Waals surface area contributed by atoms with Gasteiger partial charge in [0, 0.05) is 6.54 Å². The maximum absolute atomic E-state index is 12.3. The lowest BCUT2D eigenvalue weighted by atomic mass is 10.00. The number of piperidine rings is 1. The van der Waals surface area contributed by atoms with E-state index in [1.54, 1.807) is 13.0 Å². The highest BCUT2D eigenvalue weighted by molar-refractivity contribution is 5.95. The molecule has 0 aromatic carbocycles. The molecule has 122 valence electrons. The molecule has 0 radical (unpaired) electrons. The standard InChI is InChI=1S/C15H19N5O3/c1-8-5-10(13(21)17-7-9-3-2-4-16-6-9)18-12-11(8)14(22)20-15(23)19-12/h5,9,16H,2-4,6-7H2,1H3,(H,17,21)(H2,18,19,20,22,23). The van der Waals surface area contributed by atoms with Crippen LogP contribution in [0.5, 0.6) is 0 Å². The fourth-order valence-electron chi connectivity index (χ4n) is 2.90. The van der Waals surface area contributed by atoms with E-state index in [0.717, 1.165) is 25.9 Å². The Morgan fingerprint density at radius 3 is 2.96 bits per heavy atom. The van der Waals surface area contributed by atoms with E-state index in [4.69, 9.17) is 0 Å². The molecular weight excluding hydrogens is 298 g/mol. The van der Waals surface area contributed by atoms with Crippen LogP contribution in [0, 0.1) is 12.8 Å². The number of nitrogens with one attached hydrogen (secondary N) is 4. The van der Waals surface area contributed by atoms with Crippen molar-refractivity contribution >= 4 is 16.9 Å². The zero-order valence-electron chi connectivity index (χ0n) is 12.9. The molecule has 1 aliphatic rings. The number of H-pyrrole nitrogens is 2. The number of aryl methyl sites for hydroxylation is 1. The highest BCUT2D eigenvalue weighted by atomic mass is 16.2. The summed E-state index contributed by atoms with van der Waals surface area (Å²) in [4.78, 5) is 44.2. The van der Waals surface area contributed by atoms with Crippen molar-refractivity contribution in [3.8, 4) is 0 Å². The number of carbonyl (C=O) groups excluding carboxylic acids is 1. The molecule has 1 unspecified atom stereocenters. The van der Waals surface area contributed by atoms with Gasteiger partial charge in [0.05, 0.1) is 5.39 Å². The zero-order valence-corrected chi connectivity index (χ0v) is 12.9. The molecule has 1 amide bonds. The highest BCUT2D eigenvalue weighted by Crippen LogP contribution is 2.12. The van der Waals surface area contributed by atoms with Crippen LogP contribution >= 0.6 is 0 Å². The number of nitrogens with zero attached hydrogens (tertiary/aromatic N) is 1. The molecule has 23 heavy (non-hydrogen) atoms. The van der Waals surface area contributed by atoms with Crippen LogP contribution in [0.25, 0.3) is 11.0 Å². The summed E-state index contributed by atoms with van der Waals surface area (Å²) in [5, 5.41) is 6.46. The Morgan fingerprint density at radius 2 is 2.22 bits per heavy atom. The molecule has 1 atom stereocenters. The van der Waals surface area contributed by atoms with Gasteiger partial charge in [-0.3, -0.25) is 19.6 Å². The molecule has 2 aromatic heterocycles. The minimum absolute atomic E-state index is 0.128. The van der Waals surface area contributed by atoms with Gasteiger partial charge in [-0.05, 0) is 50.4 Å². The molecule has 0 aliphatic carbocycles. The SMILES string of the molecule is Cc1cc(C(=O)NCC2CCCNC2)nc2[nH]c(=O)[nH]c(=O)c12. The Hall–Kier alpha value is -2.48. The summed E-state index contributed by atoms with van der Waals surface area (Å²) in [5.41, 5.74) is -0.227. The second-order valence-corrected chi connectivity index (χ2v) is 5.88. The smallest absolute Gasteiger partial charge is 0.327 e. The molecule has 4 N–H and O–H groups in total. The maximum Gasteiger partial charge on any atom is 0.327 e. The molecule has 1 saturated heterocycles. The van der Waals surface area contributed by atoms with Crippen molar-refractivity contribution in [3.05, 3.63) is 38.2 Å². The Bertz CT molecular complexity index is 848. The van der Waals surface area contributed by atoms with Crippen LogP contribution in [0.1, 0.15) is 28.9 Å². The molecule has 1 fully saturated rings. The van der Waals surface area contributed by atoms with Gasteiger partial charge in [-0.25, -0.2) is 9.78 Å². The first kappa shape index (κ1) is 15.4. The van der Waals surface area contributed by atoms with E-state index in [9.17, 15) is 14.4 Å². The van der Waals surface area contributed by atoms with Crippen LogP contribution < -0.4 is 21.9 Å². The predicted molar refractivity (Wildman–Crippen MR) is 85.6 cm³/mol. The zero-order chi connectivity index (χ0) is 16.4. The average molecular weight is 317 g/mol. The normalized spacial score (nSPS) is 18.0. The van der Waals surface area contributed by atoms with Crippen molar-refractivity contribution in [3.63, 3.8) is 0 Å². The molecule has 8 nitrogen and oxygen atoms in total. The molecule has 0 spiro atoms. The largest absolute Gasteiger partial charge is 0.350 e. The van der Waals surface area contributed by atoms with Gasteiger partial charge < -0.3 is 10.6 Å². The van der Waals surface area contributed by atoms with Gasteiger partial charge in [0.15, 0.2) is 0 Å². The quantitative estimate of drug-likeness (QED) is 0.617. The Kier molecular flexibility index (Phi) is 4.24. The highest BCUT2D eigenvalue weighted by Gasteiger charge is 2.16. The first-order valence-corrected chi connectivity index (χ1v) is 7.67. The number of aromatic amines is 2. The van der Waals surface area contributed by atoms with Crippen molar-refractivity contribution in [2.75, 3.05) is 19.6 Å². The first-order chi connectivity index (χ1) is 11.0. The summed E-state index contributed by atoms with van der Waals surface area (Å²) in [6, 6.07) is 1.56. The fourth-order valence-corrected chi connectivity index (χ4v) is 2.90. The number of aromatic nitrogens is 3. The van der Waals surface area contributed by atoms with Crippen LogP contribution in [0.3, 0.4) is 0 Å². The van der Waals surface area contributed by atoms with Crippen molar-refractivity contribution in [2.24, 2.45) is 5.92 Å². The van der Waals surface area contributed by atoms with Crippen LogP contribution in [0.4, 0.5) is 0 Å². The van der Waals surface area contributed by atoms with Gasteiger partial charge in [-0.15, -0.1) is 0 Å². The fraction of sp³-hybridized carbons (Fsp3) is 0.467. The van der Waals surface area contributed by atoms with Crippen LogP contribution in [-0.4, -0.2) is 40.5 Å². The topological polar surface area (TPSA) is 120 Å². The van der Waals surface area contributed by atoms with Gasteiger partial charge in [0.25, 0.3) is 11.5 Å². The summed E-state index contributed by atoms with van der Waals surface area (Å²) >= 11 is 0. The number of fused-ring (bicyclic) bond motifs is 1. The van der Waals surface area contributed by atoms with Gasteiger partial charge >= 0.3 is 5.69 Å². The summed E-state index contributed by atoms with van der Waals surface area (Å²) in [7, 11) is 0. The number of amides is 1. The number of rotatable bonds is 3. The van der Waals surface area contributed by atoms with Crippen LogP contribution in [0.2, 0.25) is 0 Å². The van der Waals surface area contributed by atoms with E-state index in [1.165, 1.54) is 0 Å². The third-order valence-electron chi connectivity index (χ3n) is 4.09. The third-order valence-corrected chi connectivity index (χ3v) is 4.09. The number of hydrogen-bond donors (Lipinski definition) is 4. The predicted octanol–water partition coefficient (Wildman–Crippen LogP) is -0.351. The molecule has 0 saturated carbocycles. The van der Waals surface area contributed by atoms with E-state index in [-0.39, 0.29) is 22.6 Å². The molecule has 2 aromatic rings. The summed E-state index contributed by atoms with van der Waals surface area (Å²) in [6.07, 6.45) is 2.19. The van der Waals surface area contributed by atoms with Gasteiger partial charge in [-0.2, -0.15) is 0 Å². The lowest BCUT2D eigenvalue weighted by molar-refractivity contribution is 0.0940. The molecule has 3 rings (SSSR count). The van der Waals surface area contributed by atoms with Gasteiger partial charge in [0.2, 0.25) is 0 Å². The number of hydrogen-bond acceptors (Lipinski definition) is 5. The van der Waals surface area contributed by atoms with E-state index >= 15 is 0 Å². The second-order valence-electron chi connectivity index (χ2n) is 5.88. The van der Waals surface area contributed by atoms with Crippen molar-refractivity contribution in [1.82, 2.24) is 25.6 Å². The molecule has 8 heteroatoms. The van der Waals surface area contributed by atoms with Gasteiger partial charge in [0.1, 0.15) is 11.3 Å². The monoisotopic (exact) mass is 317 g/mol. The first-order valence-electron chi connectivity index (χ1n) is 7.67.